The summed E-state index contributed by atoms with van der Waals surface area (Å²) in [4.78, 5) is 0. The maximum atomic E-state index is 2.46. The van der Waals surface area contributed by atoms with Crippen LogP contribution in [0.2, 0.25) is 0 Å². The first-order valence-corrected chi connectivity index (χ1v) is 6.04. The van der Waals surface area contributed by atoms with E-state index in [-0.39, 0.29) is 0 Å². The van der Waals surface area contributed by atoms with E-state index in [2.05, 4.69) is 39.0 Å². The summed E-state index contributed by atoms with van der Waals surface area (Å²) in [7, 11) is 0. The van der Waals surface area contributed by atoms with Gasteiger partial charge in [-0.3, -0.25) is 0 Å². The van der Waals surface area contributed by atoms with Crippen LogP contribution in [0.3, 0.4) is 0 Å². The first-order valence-electron chi connectivity index (χ1n) is 6.04. The third-order valence-corrected chi connectivity index (χ3v) is 2.79. The van der Waals surface area contributed by atoms with Gasteiger partial charge in [0.05, 0.1) is 0 Å². The van der Waals surface area contributed by atoms with Gasteiger partial charge in [0.1, 0.15) is 0 Å². The predicted molar refractivity (Wildman–Crippen MR) is 64.3 cm³/mol. The van der Waals surface area contributed by atoms with E-state index in [0.29, 0.717) is 5.92 Å². The molecule has 0 aromatic rings. The van der Waals surface area contributed by atoms with Gasteiger partial charge in [-0.05, 0) is 43.9 Å². The third-order valence-electron chi connectivity index (χ3n) is 2.79. The van der Waals surface area contributed by atoms with Crippen molar-refractivity contribution < 1.29 is 0 Å². The van der Waals surface area contributed by atoms with Crippen LogP contribution in [0.15, 0.2) is 23.8 Å². The lowest BCUT2D eigenvalue weighted by molar-refractivity contribution is 0.622. The van der Waals surface area contributed by atoms with Crippen molar-refractivity contribution in [2.24, 2.45) is 11.8 Å². The van der Waals surface area contributed by atoms with Crippen LogP contribution in [0.25, 0.3) is 0 Å². The average molecular weight is 192 g/mol. The molecule has 0 aromatic heterocycles. The van der Waals surface area contributed by atoms with Crippen molar-refractivity contribution in [2.45, 2.75) is 52.9 Å². The number of hydrogen-bond acceptors (Lipinski definition) is 0. The van der Waals surface area contributed by atoms with E-state index in [4.69, 9.17) is 0 Å². The summed E-state index contributed by atoms with van der Waals surface area (Å²) in [5, 5.41) is 0. The standard InChI is InChI=1S/C14H24/c1-12(2)9-10-13(3)11-14-7-5-4-6-8-14/h7,9-10,12-13H,4-6,8,11H2,1-3H3/b10-9-/t13-/m0/s1. The van der Waals surface area contributed by atoms with Gasteiger partial charge in [0, 0.05) is 0 Å². The monoisotopic (exact) mass is 192 g/mol. The molecule has 1 aliphatic carbocycles. The van der Waals surface area contributed by atoms with Crippen LogP contribution in [0.4, 0.5) is 0 Å². The molecule has 0 nitrogen and oxygen atoms in total. The Labute approximate surface area is 89.1 Å². The zero-order valence-corrected chi connectivity index (χ0v) is 9.92. The minimum Gasteiger partial charge on any atom is -0.0857 e. The van der Waals surface area contributed by atoms with Gasteiger partial charge in [0.2, 0.25) is 0 Å². The van der Waals surface area contributed by atoms with E-state index in [9.17, 15) is 0 Å². The molecule has 0 bridgehead atoms. The summed E-state index contributed by atoms with van der Waals surface area (Å²) in [6.07, 6.45) is 13.9. The van der Waals surface area contributed by atoms with E-state index in [1.54, 1.807) is 5.57 Å². The van der Waals surface area contributed by atoms with Crippen molar-refractivity contribution in [3.05, 3.63) is 23.8 Å². The number of allylic oxidation sites excluding steroid dienone is 4. The molecule has 1 aliphatic rings. The highest BCUT2D eigenvalue weighted by Gasteiger charge is 2.06. The summed E-state index contributed by atoms with van der Waals surface area (Å²) in [5.74, 6) is 1.42. The summed E-state index contributed by atoms with van der Waals surface area (Å²) in [6, 6.07) is 0. The molecule has 1 rings (SSSR count). The lowest BCUT2D eigenvalue weighted by atomic mass is 9.91. The van der Waals surface area contributed by atoms with E-state index in [0.717, 1.165) is 5.92 Å². The second-order valence-electron chi connectivity index (χ2n) is 4.92. The van der Waals surface area contributed by atoms with Crippen molar-refractivity contribution in [2.75, 3.05) is 0 Å². The first-order chi connectivity index (χ1) is 6.68. The highest BCUT2D eigenvalue weighted by Crippen LogP contribution is 2.24. The van der Waals surface area contributed by atoms with Crippen LogP contribution in [0.5, 0.6) is 0 Å². The van der Waals surface area contributed by atoms with Crippen LogP contribution in [0.1, 0.15) is 52.9 Å². The lowest BCUT2D eigenvalue weighted by Gasteiger charge is -2.15. The Hall–Kier alpha value is -0.520. The Morgan fingerprint density at radius 2 is 2.00 bits per heavy atom. The lowest BCUT2D eigenvalue weighted by Crippen LogP contribution is -1.98. The smallest absolute Gasteiger partial charge is 0.0225 e. The second-order valence-corrected chi connectivity index (χ2v) is 4.92. The molecule has 0 amide bonds. The topological polar surface area (TPSA) is 0 Å². The van der Waals surface area contributed by atoms with Gasteiger partial charge < -0.3 is 0 Å². The molecule has 0 saturated heterocycles. The predicted octanol–water partition coefficient (Wildman–Crippen LogP) is 4.73. The van der Waals surface area contributed by atoms with E-state index in [1.165, 1.54) is 32.1 Å². The first kappa shape index (κ1) is 11.6. The molecule has 0 saturated carbocycles. The largest absolute Gasteiger partial charge is 0.0857 e. The van der Waals surface area contributed by atoms with Gasteiger partial charge in [-0.1, -0.05) is 44.6 Å². The Bertz CT molecular complexity index is 208. The fraction of sp³-hybridized carbons (Fsp3) is 0.714. The fourth-order valence-corrected chi connectivity index (χ4v) is 1.98. The quantitative estimate of drug-likeness (QED) is 0.565. The zero-order chi connectivity index (χ0) is 10.4. The van der Waals surface area contributed by atoms with Crippen LogP contribution in [-0.2, 0) is 0 Å². The molecule has 0 spiro atoms. The van der Waals surface area contributed by atoms with Crippen LogP contribution in [0, 0.1) is 11.8 Å². The van der Waals surface area contributed by atoms with Gasteiger partial charge >= 0.3 is 0 Å². The average Bonchev–Trinajstić information content (AvgIpc) is 2.16. The molecule has 14 heavy (non-hydrogen) atoms. The van der Waals surface area contributed by atoms with Crippen molar-refractivity contribution in [1.29, 1.82) is 0 Å². The number of hydrogen-bond donors (Lipinski definition) is 0. The molecule has 0 aromatic carbocycles. The van der Waals surface area contributed by atoms with Gasteiger partial charge in [-0.15, -0.1) is 0 Å². The molecule has 0 unspecified atom stereocenters. The van der Waals surface area contributed by atoms with Gasteiger partial charge in [0.15, 0.2) is 0 Å². The maximum Gasteiger partial charge on any atom is -0.0225 e. The Balaban J connectivity index is 2.32. The molecular formula is C14H24. The normalized spacial score (nSPS) is 20.1. The Kier molecular flexibility index (Phi) is 5.00. The molecule has 0 heteroatoms. The van der Waals surface area contributed by atoms with Crippen LogP contribution < -0.4 is 0 Å². The number of rotatable bonds is 4. The van der Waals surface area contributed by atoms with Crippen LogP contribution in [-0.4, -0.2) is 0 Å². The fourth-order valence-electron chi connectivity index (χ4n) is 1.98. The Morgan fingerprint density at radius 3 is 2.57 bits per heavy atom. The highest BCUT2D eigenvalue weighted by atomic mass is 14.1. The van der Waals surface area contributed by atoms with Crippen molar-refractivity contribution >= 4 is 0 Å². The summed E-state index contributed by atoms with van der Waals surface area (Å²) in [5.41, 5.74) is 1.69. The van der Waals surface area contributed by atoms with Crippen molar-refractivity contribution in [3.8, 4) is 0 Å². The maximum absolute atomic E-state index is 2.46. The summed E-state index contributed by atoms with van der Waals surface area (Å²) in [6.45, 7) is 6.81. The summed E-state index contributed by atoms with van der Waals surface area (Å²) >= 11 is 0. The van der Waals surface area contributed by atoms with E-state index >= 15 is 0 Å². The molecule has 0 aliphatic heterocycles. The molecule has 1 atom stereocenters. The molecular weight excluding hydrogens is 168 g/mol. The van der Waals surface area contributed by atoms with Gasteiger partial charge in [-0.2, -0.15) is 0 Å². The van der Waals surface area contributed by atoms with E-state index in [1.807, 2.05) is 0 Å². The second kappa shape index (κ2) is 6.06. The van der Waals surface area contributed by atoms with E-state index < -0.39 is 0 Å². The molecule has 0 fully saturated rings. The Morgan fingerprint density at radius 1 is 1.21 bits per heavy atom. The summed E-state index contributed by atoms with van der Waals surface area (Å²) < 4.78 is 0. The SMILES string of the molecule is CC(C)/C=C\[C@H](C)CC1=CCCCC1. The minimum absolute atomic E-state index is 0.692. The van der Waals surface area contributed by atoms with Crippen molar-refractivity contribution in [3.63, 3.8) is 0 Å². The van der Waals surface area contributed by atoms with Crippen LogP contribution >= 0.6 is 0 Å². The minimum atomic E-state index is 0.692. The third kappa shape index (κ3) is 4.64. The molecule has 0 radical (unpaired) electrons. The zero-order valence-electron chi connectivity index (χ0n) is 9.92. The molecule has 80 valence electrons. The van der Waals surface area contributed by atoms with Gasteiger partial charge in [-0.25, -0.2) is 0 Å². The van der Waals surface area contributed by atoms with Crippen molar-refractivity contribution in [1.82, 2.24) is 0 Å². The molecule has 0 N–H and O–H groups in total. The molecule has 0 heterocycles. The van der Waals surface area contributed by atoms with Gasteiger partial charge in [0.25, 0.3) is 0 Å². The highest BCUT2D eigenvalue weighted by molar-refractivity contribution is 5.07.